The van der Waals surface area contributed by atoms with Crippen molar-refractivity contribution < 1.29 is 4.74 Å². The smallest absolute Gasteiger partial charge is 0.0821 e. The van der Waals surface area contributed by atoms with Gasteiger partial charge in [-0.25, -0.2) is 0 Å². The van der Waals surface area contributed by atoms with Gasteiger partial charge in [0.1, 0.15) is 0 Å². The predicted octanol–water partition coefficient (Wildman–Crippen LogP) is 2.38. The quantitative estimate of drug-likeness (QED) is 0.628. The highest BCUT2D eigenvalue weighted by Crippen LogP contribution is 2.32. The first-order valence-corrected chi connectivity index (χ1v) is 6.61. The first-order valence-electron chi connectivity index (χ1n) is 5.73. The lowest BCUT2D eigenvalue weighted by atomic mass is 10.2. The first kappa shape index (κ1) is 11.7. The van der Waals surface area contributed by atoms with Crippen LogP contribution in [-0.2, 0) is 11.3 Å². The minimum Gasteiger partial charge on any atom is -0.376 e. The lowest BCUT2D eigenvalue weighted by Gasteiger charge is -2.02. The molecule has 0 unspecified atom stereocenters. The maximum atomic E-state index is 5.66. The Labute approximate surface area is 101 Å². The van der Waals surface area contributed by atoms with E-state index in [0.29, 0.717) is 13.2 Å². The number of hydrogen-bond donors (Lipinski definition) is 1. The van der Waals surface area contributed by atoms with Crippen molar-refractivity contribution in [1.29, 1.82) is 0 Å². The Hall–Kier alpha value is -0.820. The summed E-state index contributed by atoms with van der Waals surface area (Å²) in [5.41, 5.74) is 6.43. The molecule has 3 heteroatoms. The van der Waals surface area contributed by atoms with Crippen molar-refractivity contribution in [1.82, 2.24) is 0 Å². The Morgan fingerprint density at radius 1 is 1.50 bits per heavy atom. The topological polar surface area (TPSA) is 35.2 Å². The molecular formula is C13H17NOS. The van der Waals surface area contributed by atoms with Gasteiger partial charge in [0.25, 0.3) is 0 Å². The second-order valence-electron chi connectivity index (χ2n) is 4.05. The Kier molecular flexibility index (Phi) is 4.41. The lowest BCUT2D eigenvalue weighted by molar-refractivity contribution is 0.117. The second-order valence-corrected chi connectivity index (χ2v) is 5.05. The zero-order chi connectivity index (χ0) is 11.2. The van der Waals surface area contributed by atoms with Crippen LogP contribution in [0.2, 0.25) is 0 Å². The summed E-state index contributed by atoms with van der Waals surface area (Å²) >= 11 is 1.71. The van der Waals surface area contributed by atoms with E-state index in [2.05, 4.69) is 17.2 Å². The molecule has 0 bridgehead atoms. The summed E-state index contributed by atoms with van der Waals surface area (Å²) in [5, 5.41) is 2.06. The summed E-state index contributed by atoms with van der Waals surface area (Å²) in [4.78, 5) is 1.22. The van der Waals surface area contributed by atoms with Crippen molar-refractivity contribution in [3.05, 3.63) is 21.9 Å². The number of nitrogens with two attached hydrogens (primary N) is 1. The van der Waals surface area contributed by atoms with E-state index in [1.54, 1.807) is 11.3 Å². The molecule has 2 nitrogen and oxygen atoms in total. The van der Waals surface area contributed by atoms with Crippen molar-refractivity contribution in [3.8, 4) is 11.8 Å². The third-order valence-electron chi connectivity index (χ3n) is 2.67. The summed E-state index contributed by atoms with van der Waals surface area (Å²) < 4.78 is 5.66. The summed E-state index contributed by atoms with van der Waals surface area (Å²) in [6, 6.07) is 2.03. The molecule has 1 fully saturated rings. The van der Waals surface area contributed by atoms with Crippen LogP contribution in [0.4, 0.5) is 0 Å². The number of thiophene rings is 1. The van der Waals surface area contributed by atoms with Gasteiger partial charge in [-0.05, 0) is 23.8 Å². The van der Waals surface area contributed by atoms with E-state index in [1.165, 1.54) is 24.1 Å². The molecular weight excluding hydrogens is 218 g/mol. The van der Waals surface area contributed by atoms with Crippen LogP contribution in [0.1, 0.15) is 29.7 Å². The minimum atomic E-state index is 0.415. The van der Waals surface area contributed by atoms with Crippen LogP contribution in [0.5, 0.6) is 0 Å². The average molecular weight is 235 g/mol. The second kappa shape index (κ2) is 6.05. The van der Waals surface area contributed by atoms with Crippen LogP contribution in [0.25, 0.3) is 0 Å². The third kappa shape index (κ3) is 3.64. The maximum Gasteiger partial charge on any atom is 0.0821 e. The SMILES string of the molecule is NCC#Cc1ccsc1COCCC1CC1. The molecule has 2 N–H and O–H groups in total. The van der Waals surface area contributed by atoms with Gasteiger partial charge in [-0.2, -0.15) is 0 Å². The van der Waals surface area contributed by atoms with Crippen molar-refractivity contribution in [3.63, 3.8) is 0 Å². The Morgan fingerprint density at radius 3 is 3.12 bits per heavy atom. The molecule has 0 amide bonds. The van der Waals surface area contributed by atoms with Crippen LogP contribution >= 0.6 is 11.3 Å². The highest BCUT2D eigenvalue weighted by atomic mass is 32.1. The first-order chi connectivity index (χ1) is 7.90. The van der Waals surface area contributed by atoms with Gasteiger partial charge in [-0.3, -0.25) is 0 Å². The van der Waals surface area contributed by atoms with Gasteiger partial charge < -0.3 is 10.5 Å². The van der Waals surface area contributed by atoms with Gasteiger partial charge in [0.2, 0.25) is 0 Å². The molecule has 0 atom stereocenters. The summed E-state index contributed by atoms with van der Waals surface area (Å²) in [6.07, 6.45) is 4.01. The van der Waals surface area contributed by atoms with Crippen LogP contribution < -0.4 is 5.73 Å². The molecule has 1 aliphatic rings. The van der Waals surface area contributed by atoms with E-state index in [0.717, 1.165) is 18.1 Å². The van der Waals surface area contributed by atoms with E-state index in [1.807, 2.05) is 6.07 Å². The van der Waals surface area contributed by atoms with E-state index in [4.69, 9.17) is 10.5 Å². The molecule has 0 aliphatic heterocycles. The van der Waals surface area contributed by atoms with Gasteiger partial charge >= 0.3 is 0 Å². The Balaban J connectivity index is 1.76. The van der Waals surface area contributed by atoms with E-state index >= 15 is 0 Å². The molecule has 0 aromatic carbocycles. The standard InChI is InChI=1S/C13H17NOS/c14-7-1-2-12-6-9-16-13(12)10-15-8-5-11-3-4-11/h6,9,11H,3-5,7-8,10,14H2. The fourth-order valence-corrected chi connectivity index (χ4v) is 2.30. The average Bonchev–Trinajstić information content (AvgIpc) is 3.01. The normalized spacial score (nSPS) is 14.6. The molecule has 1 aromatic rings. The molecule has 1 saturated carbocycles. The highest BCUT2D eigenvalue weighted by molar-refractivity contribution is 7.10. The van der Waals surface area contributed by atoms with Crippen molar-refractivity contribution in [2.24, 2.45) is 11.7 Å². The van der Waals surface area contributed by atoms with Crippen LogP contribution in [0.3, 0.4) is 0 Å². The molecule has 1 aliphatic carbocycles. The maximum absolute atomic E-state index is 5.66. The molecule has 0 radical (unpaired) electrons. The predicted molar refractivity (Wildman–Crippen MR) is 67.2 cm³/mol. The zero-order valence-corrected chi connectivity index (χ0v) is 10.2. The fourth-order valence-electron chi connectivity index (χ4n) is 1.53. The summed E-state index contributed by atoms with van der Waals surface area (Å²) in [5.74, 6) is 6.89. The number of hydrogen-bond acceptors (Lipinski definition) is 3. The molecule has 2 rings (SSSR count). The van der Waals surface area contributed by atoms with Gasteiger partial charge in [0.05, 0.1) is 13.2 Å². The van der Waals surface area contributed by atoms with Crippen molar-refractivity contribution >= 4 is 11.3 Å². The zero-order valence-electron chi connectivity index (χ0n) is 9.37. The third-order valence-corrected chi connectivity index (χ3v) is 3.57. The molecule has 0 saturated heterocycles. The van der Waals surface area contributed by atoms with E-state index in [9.17, 15) is 0 Å². The molecule has 1 heterocycles. The number of rotatable bonds is 5. The molecule has 0 spiro atoms. The lowest BCUT2D eigenvalue weighted by Crippen LogP contribution is -1.96. The van der Waals surface area contributed by atoms with E-state index < -0.39 is 0 Å². The highest BCUT2D eigenvalue weighted by Gasteiger charge is 2.20. The van der Waals surface area contributed by atoms with Gasteiger partial charge in [0, 0.05) is 17.0 Å². The Bertz CT molecular complexity index is 384. The molecule has 1 aromatic heterocycles. The fraction of sp³-hybridized carbons (Fsp3) is 0.538. The monoisotopic (exact) mass is 235 g/mol. The Morgan fingerprint density at radius 2 is 2.38 bits per heavy atom. The van der Waals surface area contributed by atoms with Crippen molar-refractivity contribution in [2.75, 3.05) is 13.2 Å². The van der Waals surface area contributed by atoms with Crippen LogP contribution in [0.15, 0.2) is 11.4 Å². The van der Waals surface area contributed by atoms with Crippen LogP contribution in [0, 0.1) is 17.8 Å². The molecule has 16 heavy (non-hydrogen) atoms. The van der Waals surface area contributed by atoms with Gasteiger partial charge in [0.15, 0.2) is 0 Å². The summed E-state index contributed by atoms with van der Waals surface area (Å²) in [6.45, 7) is 1.99. The van der Waals surface area contributed by atoms with Crippen LogP contribution in [-0.4, -0.2) is 13.2 Å². The number of ether oxygens (including phenoxy) is 1. The minimum absolute atomic E-state index is 0.415. The van der Waals surface area contributed by atoms with Gasteiger partial charge in [-0.1, -0.05) is 24.7 Å². The van der Waals surface area contributed by atoms with Crippen molar-refractivity contribution in [2.45, 2.75) is 25.9 Å². The summed E-state index contributed by atoms with van der Waals surface area (Å²) in [7, 11) is 0. The van der Waals surface area contributed by atoms with E-state index in [-0.39, 0.29) is 0 Å². The van der Waals surface area contributed by atoms with Gasteiger partial charge in [-0.15, -0.1) is 11.3 Å². The largest absolute Gasteiger partial charge is 0.376 e. The molecule has 86 valence electrons.